The van der Waals surface area contributed by atoms with Crippen LogP contribution in [-0.4, -0.2) is 42.6 Å². The summed E-state index contributed by atoms with van der Waals surface area (Å²) in [6, 6.07) is 8.96. The largest absolute Gasteiger partial charge is 0.497 e. The van der Waals surface area contributed by atoms with Crippen molar-refractivity contribution in [3.8, 4) is 11.5 Å². The van der Waals surface area contributed by atoms with Crippen molar-refractivity contribution in [2.75, 3.05) is 20.8 Å². The molecule has 2 aromatic rings. The number of ether oxygens (including phenoxy) is 2. The standard InChI is InChI=1S/C17H19NO5S/c1-22-13-6-12(7-14(8-13)23-2)10-18(11-17(20)21)16(19)9-15-4-3-5-24-15/h3-8H,9-11H2,1-2H3,(H,20,21). The molecule has 0 aliphatic rings. The molecule has 6 nitrogen and oxygen atoms in total. The van der Waals surface area contributed by atoms with Gasteiger partial charge in [0.15, 0.2) is 0 Å². The lowest BCUT2D eigenvalue weighted by Gasteiger charge is -2.21. The number of rotatable bonds is 8. The van der Waals surface area contributed by atoms with E-state index >= 15 is 0 Å². The van der Waals surface area contributed by atoms with E-state index in [0.29, 0.717) is 11.5 Å². The van der Waals surface area contributed by atoms with Gasteiger partial charge in [0.05, 0.1) is 20.6 Å². The highest BCUT2D eigenvalue weighted by molar-refractivity contribution is 7.10. The minimum Gasteiger partial charge on any atom is -0.497 e. The Morgan fingerprint density at radius 3 is 2.33 bits per heavy atom. The third kappa shape index (κ3) is 4.99. The number of nitrogens with zero attached hydrogens (tertiary/aromatic N) is 1. The maximum atomic E-state index is 12.5. The normalized spacial score (nSPS) is 10.2. The fourth-order valence-electron chi connectivity index (χ4n) is 2.25. The molecular formula is C17H19NO5S. The van der Waals surface area contributed by atoms with Gasteiger partial charge in [0.1, 0.15) is 18.0 Å². The van der Waals surface area contributed by atoms with Gasteiger partial charge in [-0.2, -0.15) is 0 Å². The van der Waals surface area contributed by atoms with E-state index in [2.05, 4.69) is 0 Å². The summed E-state index contributed by atoms with van der Waals surface area (Å²) >= 11 is 1.47. The number of thiophene rings is 1. The molecule has 1 amide bonds. The van der Waals surface area contributed by atoms with Crippen LogP contribution in [0.2, 0.25) is 0 Å². The summed E-state index contributed by atoms with van der Waals surface area (Å²) in [6.07, 6.45) is 0.187. The first-order valence-corrected chi connectivity index (χ1v) is 8.13. The summed E-state index contributed by atoms with van der Waals surface area (Å²) in [4.78, 5) is 25.8. The van der Waals surface area contributed by atoms with E-state index in [1.54, 1.807) is 18.2 Å². The number of benzene rings is 1. The van der Waals surface area contributed by atoms with Crippen LogP contribution in [0, 0.1) is 0 Å². The Morgan fingerprint density at radius 2 is 1.83 bits per heavy atom. The Balaban J connectivity index is 2.18. The maximum Gasteiger partial charge on any atom is 0.323 e. The van der Waals surface area contributed by atoms with Crippen LogP contribution < -0.4 is 9.47 Å². The van der Waals surface area contributed by atoms with Crippen molar-refractivity contribution in [3.63, 3.8) is 0 Å². The molecule has 0 radical (unpaired) electrons. The molecule has 1 heterocycles. The molecule has 0 aliphatic carbocycles. The van der Waals surface area contributed by atoms with Gasteiger partial charge in [0.2, 0.25) is 5.91 Å². The highest BCUT2D eigenvalue weighted by atomic mass is 32.1. The van der Waals surface area contributed by atoms with Crippen molar-refractivity contribution in [2.45, 2.75) is 13.0 Å². The summed E-state index contributed by atoms with van der Waals surface area (Å²) in [6.45, 7) is -0.187. The Morgan fingerprint density at radius 1 is 1.17 bits per heavy atom. The van der Waals surface area contributed by atoms with Crippen LogP contribution in [0.3, 0.4) is 0 Å². The molecule has 0 fully saturated rings. The number of hydrogen-bond acceptors (Lipinski definition) is 5. The summed E-state index contributed by atoms with van der Waals surface area (Å²) in [5.74, 6) is -0.110. The zero-order valence-corrected chi connectivity index (χ0v) is 14.3. The van der Waals surface area contributed by atoms with E-state index in [-0.39, 0.29) is 25.4 Å². The minimum atomic E-state index is -1.05. The SMILES string of the molecule is COc1cc(CN(CC(=O)O)C(=O)Cc2cccs2)cc(OC)c1. The molecule has 0 bridgehead atoms. The monoisotopic (exact) mass is 349 g/mol. The Bertz CT molecular complexity index is 677. The van der Waals surface area contributed by atoms with Crippen molar-refractivity contribution in [1.82, 2.24) is 4.90 Å². The quantitative estimate of drug-likeness (QED) is 0.792. The molecule has 1 aromatic heterocycles. The summed E-state index contributed by atoms with van der Waals surface area (Å²) in [5, 5.41) is 11.0. The molecular weight excluding hydrogens is 330 g/mol. The number of methoxy groups -OCH3 is 2. The van der Waals surface area contributed by atoms with Gasteiger partial charge in [-0.25, -0.2) is 0 Å². The number of carboxylic acid groups (broad SMARTS) is 1. The van der Waals surface area contributed by atoms with E-state index in [0.717, 1.165) is 10.4 Å². The predicted molar refractivity (Wildman–Crippen MR) is 90.6 cm³/mol. The second-order valence-electron chi connectivity index (χ2n) is 5.12. The Labute approximate surface area is 144 Å². The molecule has 0 saturated carbocycles. The lowest BCUT2D eigenvalue weighted by Crippen LogP contribution is -2.36. The zero-order chi connectivity index (χ0) is 17.5. The first-order valence-electron chi connectivity index (χ1n) is 7.25. The van der Waals surface area contributed by atoms with Crippen molar-refractivity contribution in [3.05, 3.63) is 46.2 Å². The van der Waals surface area contributed by atoms with Gasteiger partial charge in [-0.15, -0.1) is 11.3 Å². The average molecular weight is 349 g/mol. The van der Waals surface area contributed by atoms with Crippen LogP contribution in [-0.2, 0) is 22.6 Å². The van der Waals surface area contributed by atoms with Gasteiger partial charge < -0.3 is 19.5 Å². The van der Waals surface area contributed by atoms with Crippen LogP contribution in [0.4, 0.5) is 0 Å². The van der Waals surface area contributed by atoms with E-state index in [9.17, 15) is 9.59 Å². The molecule has 1 N–H and O–H groups in total. The number of carbonyl (C=O) groups is 2. The van der Waals surface area contributed by atoms with Crippen LogP contribution in [0.5, 0.6) is 11.5 Å². The molecule has 0 saturated heterocycles. The molecule has 0 atom stereocenters. The first kappa shape index (κ1) is 17.8. The maximum absolute atomic E-state index is 12.5. The third-order valence-electron chi connectivity index (χ3n) is 3.37. The van der Waals surface area contributed by atoms with Crippen molar-refractivity contribution >= 4 is 23.2 Å². The fourth-order valence-corrected chi connectivity index (χ4v) is 2.94. The summed E-state index contributed by atoms with van der Waals surface area (Å²) in [7, 11) is 3.07. The van der Waals surface area contributed by atoms with E-state index in [4.69, 9.17) is 14.6 Å². The average Bonchev–Trinajstić information content (AvgIpc) is 3.06. The number of carboxylic acids is 1. The predicted octanol–water partition coefficient (Wildman–Crippen LogP) is 2.42. The van der Waals surface area contributed by atoms with E-state index < -0.39 is 5.97 Å². The van der Waals surface area contributed by atoms with Gasteiger partial charge in [-0.05, 0) is 29.1 Å². The highest BCUT2D eigenvalue weighted by Gasteiger charge is 2.18. The number of aliphatic carboxylic acids is 1. The molecule has 128 valence electrons. The van der Waals surface area contributed by atoms with Crippen LogP contribution >= 0.6 is 11.3 Å². The first-order chi connectivity index (χ1) is 11.5. The smallest absolute Gasteiger partial charge is 0.323 e. The second-order valence-corrected chi connectivity index (χ2v) is 6.15. The molecule has 0 aliphatic heterocycles. The summed E-state index contributed by atoms with van der Waals surface area (Å²) < 4.78 is 10.4. The van der Waals surface area contributed by atoms with Gasteiger partial charge in [-0.1, -0.05) is 6.07 Å². The van der Waals surface area contributed by atoms with Crippen LogP contribution in [0.1, 0.15) is 10.4 Å². The third-order valence-corrected chi connectivity index (χ3v) is 4.25. The molecule has 24 heavy (non-hydrogen) atoms. The highest BCUT2D eigenvalue weighted by Crippen LogP contribution is 2.23. The number of hydrogen-bond donors (Lipinski definition) is 1. The lowest BCUT2D eigenvalue weighted by molar-refractivity contribution is -0.144. The van der Waals surface area contributed by atoms with Crippen molar-refractivity contribution < 1.29 is 24.2 Å². The number of amides is 1. The van der Waals surface area contributed by atoms with Gasteiger partial charge in [-0.3, -0.25) is 9.59 Å². The molecule has 0 spiro atoms. The van der Waals surface area contributed by atoms with Crippen molar-refractivity contribution in [2.24, 2.45) is 0 Å². The lowest BCUT2D eigenvalue weighted by atomic mass is 10.1. The topological polar surface area (TPSA) is 76.1 Å². The minimum absolute atomic E-state index is 0.171. The molecule has 1 aromatic carbocycles. The fraction of sp³-hybridized carbons (Fsp3) is 0.294. The van der Waals surface area contributed by atoms with E-state index in [1.807, 2.05) is 17.5 Å². The number of carbonyl (C=O) groups excluding carboxylic acids is 1. The molecule has 0 unspecified atom stereocenters. The van der Waals surface area contributed by atoms with Gasteiger partial charge >= 0.3 is 5.97 Å². The van der Waals surface area contributed by atoms with Gasteiger partial charge in [0, 0.05) is 17.5 Å². The zero-order valence-electron chi connectivity index (χ0n) is 13.5. The van der Waals surface area contributed by atoms with Crippen molar-refractivity contribution in [1.29, 1.82) is 0 Å². The van der Waals surface area contributed by atoms with Gasteiger partial charge in [0.25, 0.3) is 0 Å². The van der Waals surface area contributed by atoms with Crippen LogP contribution in [0.15, 0.2) is 35.7 Å². The van der Waals surface area contributed by atoms with E-state index in [1.165, 1.54) is 30.5 Å². The second kappa shape index (κ2) is 8.35. The Kier molecular flexibility index (Phi) is 6.20. The summed E-state index contributed by atoms with van der Waals surface area (Å²) in [5.41, 5.74) is 0.743. The van der Waals surface area contributed by atoms with Crippen LogP contribution in [0.25, 0.3) is 0 Å². The molecule has 7 heteroatoms. The molecule has 2 rings (SSSR count). The Hall–Kier alpha value is -2.54.